The lowest BCUT2D eigenvalue weighted by Crippen LogP contribution is -2.00. The molecule has 0 spiro atoms. The lowest BCUT2D eigenvalue weighted by molar-refractivity contribution is 0.962. The number of benzene rings is 2. The average molecular weight is 540 g/mol. The molecule has 24 heavy (non-hydrogen) atoms. The molecule has 0 saturated heterocycles. The molecule has 0 aliphatic carbocycles. The quantitative estimate of drug-likeness (QED) is 0.272. The predicted octanol–water partition coefficient (Wildman–Crippen LogP) is 6.36. The highest BCUT2D eigenvalue weighted by Crippen LogP contribution is 2.23. The van der Waals surface area contributed by atoms with Gasteiger partial charge < -0.3 is 4.57 Å². The van der Waals surface area contributed by atoms with E-state index in [1.165, 1.54) is 29.8 Å². The molecule has 3 aromatic rings. The van der Waals surface area contributed by atoms with Crippen LogP contribution in [0.1, 0.15) is 22.5 Å². The second-order valence-electron chi connectivity index (χ2n) is 5.83. The fourth-order valence-electron chi connectivity index (χ4n) is 2.75. The van der Waals surface area contributed by atoms with Crippen molar-refractivity contribution in [3.63, 3.8) is 0 Å². The van der Waals surface area contributed by atoms with Gasteiger partial charge >= 0.3 is 0 Å². The number of aromatic nitrogens is 1. The lowest BCUT2D eigenvalue weighted by atomic mass is 10.2. The Bertz CT molecular complexity index is 906. The van der Waals surface area contributed by atoms with Crippen molar-refractivity contribution >= 4 is 57.1 Å². The number of hydrogen-bond acceptors (Lipinski definition) is 1. The maximum Gasteiger partial charge on any atom is 0.0630 e. The molecule has 0 bridgehead atoms. The zero-order chi connectivity index (χ0) is 17.3. The summed E-state index contributed by atoms with van der Waals surface area (Å²) in [6, 6.07) is 17.0. The number of aryl methyl sites for hydroxylation is 2. The van der Waals surface area contributed by atoms with Crippen molar-refractivity contribution < 1.29 is 0 Å². The van der Waals surface area contributed by atoms with Gasteiger partial charge in [-0.25, -0.2) is 0 Å². The first-order valence-corrected chi connectivity index (χ1v) is 9.86. The maximum atomic E-state index is 4.62. The Hall–Kier alpha value is -1.15. The van der Waals surface area contributed by atoms with Crippen molar-refractivity contribution in [3.8, 4) is 5.69 Å². The Kier molecular flexibility index (Phi) is 5.44. The maximum absolute atomic E-state index is 4.62. The van der Waals surface area contributed by atoms with Gasteiger partial charge in [-0.15, -0.1) is 0 Å². The Morgan fingerprint density at radius 3 is 2.29 bits per heavy atom. The van der Waals surface area contributed by atoms with E-state index in [2.05, 4.69) is 112 Å². The summed E-state index contributed by atoms with van der Waals surface area (Å²) in [4.78, 5) is 4.62. The van der Waals surface area contributed by atoms with E-state index >= 15 is 0 Å². The largest absolute Gasteiger partial charge is 0.318 e. The molecule has 0 atom stereocenters. The monoisotopic (exact) mass is 540 g/mol. The average Bonchev–Trinajstić information content (AvgIpc) is 2.84. The van der Waals surface area contributed by atoms with Gasteiger partial charge in [0.05, 0.1) is 5.69 Å². The molecule has 1 heterocycles. The van der Waals surface area contributed by atoms with Crippen LogP contribution >= 0.6 is 45.2 Å². The number of aliphatic imine (C=N–C) groups is 1. The normalized spacial score (nSPS) is 11.4. The van der Waals surface area contributed by atoms with E-state index < -0.39 is 0 Å². The zero-order valence-corrected chi connectivity index (χ0v) is 18.2. The predicted molar refractivity (Wildman–Crippen MR) is 119 cm³/mol. The number of hydrogen-bond donors (Lipinski definition) is 0. The Labute approximate surface area is 170 Å². The molecule has 2 nitrogen and oxygen atoms in total. The third-order valence-corrected chi connectivity index (χ3v) is 5.98. The topological polar surface area (TPSA) is 17.3 Å². The summed E-state index contributed by atoms with van der Waals surface area (Å²) in [5.41, 5.74) is 7.07. The molecule has 0 amide bonds. The van der Waals surface area contributed by atoms with Gasteiger partial charge in [-0.1, -0.05) is 0 Å². The summed E-state index contributed by atoms with van der Waals surface area (Å²) in [5, 5.41) is 0. The van der Waals surface area contributed by atoms with E-state index in [4.69, 9.17) is 0 Å². The van der Waals surface area contributed by atoms with Crippen molar-refractivity contribution in [3.05, 3.63) is 78.2 Å². The van der Waals surface area contributed by atoms with Gasteiger partial charge in [0.1, 0.15) is 0 Å². The van der Waals surface area contributed by atoms with E-state index in [-0.39, 0.29) is 0 Å². The Morgan fingerprint density at radius 1 is 0.917 bits per heavy atom. The van der Waals surface area contributed by atoms with Gasteiger partial charge in [-0.2, -0.15) is 0 Å². The molecule has 0 saturated carbocycles. The van der Waals surface area contributed by atoms with Crippen LogP contribution in [0.2, 0.25) is 0 Å². The first-order chi connectivity index (χ1) is 11.5. The van der Waals surface area contributed by atoms with Gasteiger partial charge in [0.15, 0.2) is 0 Å². The van der Waals surface area contributed by atoms with Crippen LogP contribution in [0.4, 0.5) is 5.69 Å². The summed E-state index contributed by atoms with van der Waals surface area (Å²) in [6.07, 6.45) is 1.96. The third-order valence-electron chi connectivity index (χ3n) is 4.05. The molecule has 2 aromatic carbocycles. The van der Waals surface area contributed by atoms with Crippen molar-refractivity contribution in [2.45, 2.75) is 20.8 Å². The minimum Gasteiger partial charge on any atom is -0.318 e. The summed E-state index contributed by atoms with van der Waals surface area (Å²) < 4.78 is 4.80. The summed E-state index contributed by atoms with van der Waals surface area (Å²) in [6.45, 7) is 6.44. The van der Waals surface area contributed by atoms with Crippen LogP contribution < -0.4 is 0 Å². The van der Waals surface area contributed by atoms with Crippen molar-refractivity contribution in [1.29, 1.82) is 0 Å². The summed E-state index contributed by atoms with van der Waals surface area (Å²) >= 11 is 4.68. The van der Waals surface area contributed by atoms with Gasteiger partial charge in [-0.3, -0.25) is 4.99 Å². The van der Waals surface area contributed by atoms with Crippen LogP contribution in [-0.4, -0.2) is 10.8 Å². The number of nitrogens with zero attached hydrogens (tertiary/aromatic N) is 2. The van der Waals surface area contributed by atoms with E-state index in [0.29, 0.717) is 0 Å². The molecule has 3 rings (SSSR count). The SMILES string of the molecule is Cc1cc(-n2c(C)cc(C=Nc3ccc(I)cc3)c2C)ccc1I. The summed E-state index contributed by atoms with van der Waals surface area (Å²) in [7, 11) is 0. The molecule has 1 aromatic heterocycles. The Balaban J connectivity index is 1.97. The van der Waals surface area contributed by atoms with Crippen LogP contribution in [0.5, 0.6) is 0 Å². The molecular weight excluding hydrogens is 522 g/mol. The molecule has 122 valence electrons. The minimum absolute atomic E-state index is 0.977. The molecule has 4 heteroatoms. The smallest absolute Gasteiger partial charge is 0.0630 e. The zero-order valence-electron chi connectivity index (χ0n) is 13.8. The lowest BCUT2D eigenvalue weighted by Gasteiger charge is -2.11. The second kappa shape index (κ2) is 7.39. The molecule has 0 fully saturated rings. The number of halogens is 2. The van der Waals surface area contributed by atoms with Gasteiger partial charge in [0.25, 0.3) is 0 Å². The highest BCUT2D eigenvalue weighted by molar-refractivity contribution is 14.1. The van der Waals surface area contributed by atoms with Crippen LogP contribution in [0.3, 0.4) is 0 Å². The fourth-order valence-corrected chi connectivity index (χ4v) is 3.45. The fraction of sp³-hybridized carbons (Fsp3) is 0.150. The second-order valence-corrected chi connectivity index (χ2v) is 8.24. The minimum atomic E-state index is 0.977. The Morgan fingerprint density at radius 2 is 1.62 bits per heavy atom. The van der Waals surface area contributed by atoms with Crippen LogP contribution in [-0.2, 0) is 0 Å². The third kappa shape index (κ3) is 3.74. The van der Waals surface area contributed by atoms with Crippen molar-refractivity contribution in [2.24, 2.45) is 4.99 Å². The van der Waals surface area contributed by atoms with E-state index in [0.717, 1.165) is 11.3 Å². The number of rotatable bonds is 3. The molecular formula is C20H18I2N2. The molecule has 0 unspecified atom stereocenters. The van der Waals surface area contributed by atoms with Crippen molar-refractivity contribution in [1.82, 2.24) is 4.57 Å². The van der Waals surface area contributed by atoms with E-state index in [9.17, 15) is 0 Å². The highest BCUT2D eigenvalue weighted by Gasteiger charge is 2.10. The van der Waals surface area contributed by atoms with Crippen LogP contribution in [0, 0.1) is 27.9 Å². The van der Waals surface area contributed by atoms with Gasteiger partial charge in [-0.05, 0) is 120 Å². The van der Waals surface area contributed by atoms with Crippen LogP contribution in [0.25, 0.3) is 5.69 Å². The standard InChI is InChI=1S/C20H18I2N2/c1-13-10-19(8-9-20(13)22)24-14(2)11-16(15(24)3)12-23-18-6-4-17(21)5-7-18/h4-12H,1-3H3. The molecule has 0 radical (unpaired) electrons. The first kappa shape index (κ1) is 17.7. The molecule has 0 N–H and O–H groups in total. The van der Waals surface area contributed by atoms with Crippen molar-refractivity contribution in [2.75, 3.05) is 0 Å². The summed E-state index contributed by atoms with van der Waals surface area (Å²) in [5.74, 6) is 0. The van der Waals surface area contributed by atoms with Crippen LogP contribution in [0.15, 0.2) is 53.5 Å². The van der Waals surface area contributed by atoms with Gasteiger partial charge in [0.2, 0.25) is 0 Å². The van der Waals surface area contributed by atoms with E-state index in [1.54, 1.807) is 0 Å². The molecule has 0 aliphatic heterocycles. The highest BCUT2D eigenvalue weighted by atomic mass is 127. The molecule has 0 aliphatic rings. The van der Waals surface area contributed by atoms with E-state index in [1.807, 2.05) is 18.3 Å². The van der Waals surface area contributed by atoms with Gasteiger partial charge in [0, 0.05) is 36.0 Å². The first-order valence-electron chi connectivity index (χ1n) is 7.71.